The molecular formula is C11H26N2O. The molecule has 0 radical (unpaired) electrons. The third-order valence-electron chi connectivity index (χ3n) is 2.20. The zero-order chi connectivity index (χ0) is 10.5. The van der Waals surface area contributed by atoms with Crippen LogP contribution in [0.1, 0.15) is 39.0 Å². The van der Waals surface area contributed by atoms with Gasteiger partial charge in [0.2, 0.25) is 0 Å². The largest absolute Gasteiger partial charge is 0.395 e. The Morgan fingerprint density at radius 2 is 1.36 bits per heavy atom. The fourth-order valence-corrected chi connectivity index (χ4v) is 1.31. The molecule has 0 aliphatic rings. The molecule has 3 N–H and O–H groups in total. The van der Waals surface area contributed by atoms with E-state index in [4.69, 9.17) is 5.11 Å². The first-order valence-corrected chi connectivity index (χ1v) is 5.94. The van der Waals surface area contributed by atoms with Crippen LogP contribution in [0.5, 0.6) is 0 Å². The van der Waals surface area contributed by atoms with Crippen molar-refractivity contribution in [3.63, 3.8) is 0 Å². The van der Waals surface area contributed by atoms with Crippen LogP contribution in [0.4, 0.5) is 0 Å². The fraction of sp³-hybridized carbons (Fsp3) is 1.00. The summed E-state index contributed by atoms with van der Waals surface area (Å²) in [5.41, 5.74) is 0. The van der Waals surface area contributed by atoms with Crippen molar-refractivity contribution in [2.45, 2.75) is 39.0 Å². The van der Waals surface area contributed by atoms with Crippen LogP contribution in [0.3, 0.4) is 0 Å². The number of aliphatic hydroxyl groups is 1. The van der Waals surface area contributed by atoms with Crippen molar-refractivity contribution in [1.82, 2.24) is 10.6 Å². The quantitative estimate of drug-likeness (QED) is 0.440. The van der Waals surface area contributed by atoms with E-state index in [2.05, 4.69) is 17.6 Å². The first-order valence-electron chi connectivity index (χ1n) is 5.94. The summed E-state index contributed by atoms with van der Waals surface area (Å²) < 4.78 is 0. The molecule has 86 valence electrons. The third kappa shape index (κ3) is 11.9. The van der Waals surface area contributed by atoms with Gasteiger partial charge in [0, 0.05) is 6.54 Å². The van der Waals surface area contributed by atoms with Crippen LogP contribution in [-0.4, -0.2) is 37.9 Å². The van der Waals surface area contributed by atoms with Gasteiger partial charge in [-0.3, -0.25) is 0 Å². The third-order valence-corrected chi connectivity index (χ3v) is 2.20. The van der Waals surface area contributed by atoms with Crippen LogP contribution in [0, 0.1) is 0 Å². The Balaban J connectivity index is 2.78. The van der Waals surface area contributed by atoms with Crippen molar-refractivity contribution in [3.8, 4) is 0 Å². The summed E-state index contributed by atoms with van der Waals surface area (Å²) in [6.07, 6.45) is 6.33. The first kappa shape index (κ1) is 13.9. The van der Waals surface area contributed by atoms with Crippen molar-refractivity contribution < 1.29 is 5.11 Å². The molecule has 0 aliphatic carbocycles. The second kappa shape index (κ2) is 12.9. The number of aliphatic hydroxyl groups excluding tert-OH is 1. The molecule has 3 heteroatoms. The van der Waals surface area contributed by atoms with Crippen molar-refractivity contribution >= 4 is 0 Å². The maximum absolute atomic E-state index is 8.52. The highest BCUT2D eigenvalue weighted by atomic mass is 16.3. The standard InChI is InChI=1S/C11H26N2O/c1-2-3-7-12-8-5-4-6-9-13-10-11-14/h12-14H,2-11H2,1H3. The lowest BCUT2D eigenvalue weighted by Gasteiger charge is -2.04. The average Bonchev–Trinajstić information content (AvgIpc) is 2.21. The van der Waals surface area contributed by atoms with E-state index in [1.165, 1.54) is 38.6 Å². The lowest BCUT2D eigenvalue weighted by Crippen LogP contribution is -2.20. The van der Waals surface area contributed by atoms with Crippen molar-refractivity contribution in [2.75, 3.05) is 32.8 Å². The second-order valence-corrected chi connectivity index (χ2v) is 3.64. The summed E-state index contributed by atoms with van der Waals surface area (Å²) in [6.45, 7) is 6.55. The molecule has 0 heterocycles. The van der Waals surface area contributed by atoms with Gasteiger partial charge in [-0.15, -0.1) is 0 Å². The molecule has 0 saturated carbocycles. The molecule has 0 amide bonds. The molecule has 0 aromatic carbocycles. The molecule has 0 fully saturated rings. The van der Waals surface area contributed by atoms with Gasteiger partial charge in [0.1, 0.15) is 0 Å². The summed E-state index contributed by atoms with van der Waals surface area (Å²) >= 11 is 0. The molecule has 0 aromatic rings. The van der Waals surface area contributed by atoms with Gasteiger partial charge in [0.05, 0.1) is 6.61 Å². The van der Waals surface area contributed by atoms with E-state index in [1.54, 1.807) is 0 Å². The van der Waals surface area contributed by atoms with Crippen molar-refractivity contribution in [2.24, 2.45) is 0 Å². The zero-order valence-electron chi connectivity index (χ0n) is 9.52. The fourth-order valence-electron chi connectivity index (χ4n) is 1.31. The van der Waals surface area contributed by atoms with E-state index < -0.39 is 0 Å². The van der Waals surface area contributed by atoms with E-state index in [1.807, 2.05) is 0 Å². The molecule has 0 rings (SSSR count). The monoisotopic (exact) mass is 202 g/mol. The van der Waals surface area contributed by atoms with Crippen LogP contribution in [0.25, 0.3) is 0 Å². The smallest absolute Gasteiger partial charge is 0.0555 e. The molecule has 0 spiro atoms. The SMILES string of the molecule is CCCCNCCCCCNCCO. The minimum absolute atomic E-state index is 0.249. The Hall–Kier alpha value is -0.120. The topological polar surface area (TPSA) is 44.3 Å². The summed E-state index contributed by atoms with van der Waals surface area (Å²) in [5.74, 6) is 0. The van der Waals surface area contributed by atoms with E-state index in [0.29, 0.717) is 0 Å². The molecule has 0 atom stereocenters. The van der Waals surface area contributed by atoms with Gasteiger partial charge in [-0.05, 0) is 38.9 Å². The van der Waals surface area contributed by atoms with Crippen molar-refractivity contribution in [3.05, 3.63) is 0 Å². The highest BCUT2D eigenvalue weighted by Gasteiger charge is 1.89. The number of hydrogen-bond donors (Lipinski definition) is 3. The van der Waals surface area contributed by atoms with Crippen LogP contribution < -0.4 is 10.6 Å². The van der Waals surface area contributed by atoms with Gasteiger partial charge in [-0.2, -0.15) is 0 Å². The average molecular weight is 202 g/mol. The van der Waals surface area contributed by atoms with E-state index in [-0.39, 0.29) is 6.61 Å². The Kier molecular flexibility index (Phi) is 12.8. The molecule has 0 bridgehead atoms. The van der Waals surface area contributed by atoms with Crippen LogP contribution in [0.15, 0.2) is 0 Å². The molecule has 14 heavy (non-hydrogen) atoms. The molecule has 0 saturated heterocycles. The molecule has 0 unspecified atom stereocenters. The second-order valence-electron chi connectivity index (χ2n) is 3.64. The first-order chi connectivity index (χ1) is 6.91. The maximum atomic E-state index is 8.52. The summed E-state index contributed by atoms with van der Waals surface area (Å²) in [6, 6.07) is 0. The Morgan fingerprint density at radius 1 is 0.786 bits per heavy atom. The van der Waals surface area contributed by atoms with Gasteiger partial charge in [0.15, 0.2) is 0 Å². The van der Waals surface area contributed by atoms with E-state index in [0.717, 1.165) is 19.6 Å². The van der Waals surface area contributed by atoms with E-state index in [9.17, 15) is 0 Å². The zero-order valence-corrected chi connectivity index (χ0v) is 9.52. The number of hydrogen-bond acceptors (Lipinski definition) is 3. The minimum Gasteiger partial charge on any atom is -0.395 e. The Morgan fingerprint density at radius 3 is 1.93 bits per heavy atom. The molecule has 3 nitrogen and oxygen atoms in total. The van der Waals surface area contributed by atoms with Crippen LogP contribution in [-0.2, 0) is 0 Å². The highest BCUT2D eigenvalue weighted by molar-refractivity contribution is 4.51. The van der Waals surface area contributed by atoms with Gasteiger partial charge >= 0.3 is 0 Å². The summed E-state index contributed by atoms with van der Waals surface area (Å²) in [5, 5.41) is 15.1. The molecule has 0 aromatic heterocycles. The molecule has 0 aliphatic heterocycles. The van der Waals surface area contributed by atoms with E-state index >= 15 is 0 Å². The number of nitrogens with one attached hydrogen (secondary N) is 2. The number of unbranched alkanes of at least 4 members (excludes halogenated alkanes) is 3. The summed E-state index contributed by atoms with van der Waals surface area (Å²) in [7, 11) is 0. The van der Waals surface area contributed by atoms with Crippen molar-refractivity contribution in [1.29, 1.82) is 0 Å². The maximum Gasteiger partial charge on any atom is 0.0555 e. The van der Waals surface area contributed by atoms with Gasteiger partial charge < -0.3 is 15.7 Å². The number of rotatable bonds is 11. The predicted octanol–water partition coefficient (Wildman–Crippen LogP) is 1.13. The molecular weight excluding hydrogens is 176 g/mol. The van der Waals surface area contributed by atoms with Gasteiger partial charge in [-0.25, -0.2) is 0 Å². The highest BCUT2D eigenvalue weighted by Crippen LogP contribution is 1.92. The van der Waals surface area contributed by atoms with Crippen LogP contribution >= 0.6 is 0 Å². The van der Waals surface area contributed by atoms with Gasteiger partial charge in [0.25, 0.3) is 0 Å². The normalized spacial score (nSPS) is 10.7. The summed E-state index contributed by atoms with van der Waals surface area (Å²) in [4.78, 5) is 0. The predicted molar refractivity (Wildman–Crippen MR) is 61.6 cm³/mol. The lowest BCUT2D eigenvalue weighted by atomic mass is 10.2. The minimum atomic E-state index is 0.249. The Labute approximate surface area is 88.3 Å². The Bertz CT molecular complexity index is 87.3. The van der Waals surface area contributed by atoms with Gasteiger partial charge in [-0.1, -0.05) is 19.8 Å². The lowest BCUT2D eigenvalue weighted by molar-refractivity contribution is 0.292. The van der Waals surface area contributed by atoms with Crippen LogP contribution in [0.2, 0.25) is 0 Å².